The molecule has 2 aromatic carbocycles. The number of carbonyl (C=O) groups is 1. The predicted octanol–water partition coefficient (Wildman–Crippen LogP) is 4.81. The van der Waals surface area contributed by atoms with Crippen molar-refractivity contribution in [1.29, 1.82) is 0 Å². The maximum atomic E-state index is 14.2. The van der Waals surface area contributed by atoms with Crippen LogP contribution in [0.2, 0.25) is 0 Å². The van der Waals surface area contributed by atoms with E-state index < -0.39 is 23.4 Å². The van der Waals surface area contributed by atoms with E-state index in [1.807, 2.05) is 6.07 Å². The monoisotopic (exact) mass is 362 g/mol. The fraction of sp³-hybridized carbons (Fsp3) is 0.350. The fourth-order valence-electron chi connectivity index (χ4n) is 2.69. The molecule has 1 N–H and O–H groups in total. The predicted molar refractivity (Wildman–Crippen MR) is 92.4 cm³/mol. The zero-order chi connectivity index (χ0) is 18.5. The zero-order valence-corrected chi connectivity index (χ0v) is 14.2. The van der Waals surface area contributed by atoms with Gasteiger partial charge < -0.3 is 14.6 Å². The van der Waals surface area contributed by atoms with Crippen molar-refractivity contribution < 1.29 is 28.2 Å². The van der Waals surface area contributed by atoms with Crippen LogP contribution in [-0.4, -0.2) is 23.8 Å². The van der Waals surface area contributed by atoms with Gasteiger partial charge in [0.2, 0.25) is 0 Å². The maximum absolute atomic E-state index is 14.2. The number of hydrogen-bond acceptors (Lipinski definition) is 3. The molecule has 2 aromatic rings. The molecule has 0 radical (unpaired) electrons. The van der Waals surface area contributed by atoms with Crippen molar-refractivity contribution >= 4 is 5.97 Å². The highest BCUT2D eigenvalue weighted by Crippen LogP contribution is 2.32. The SMILES string of the molecule is O=C(O)CCCOc1c(F)cc(-c2cccc(OC3CCC3)c2)cc1F. The average Bonchev–Trinajstić information content (AvgIpc) is 2.56. The fourth-order valence-corrected chi connectivity index (χ4v) is 2.69. The number of rotatable bonds is 8. The molecule has 0 unspecified atom stereocenters. The molecule has 3 rings (SSSR count). The van der Waals surface area contributed by atoms with Crippen molar-refractivity contribution in [3.63, 3.8) is 0 Å². The van der Waals surface area contributed by atoms with Gasteiger partial charge >= 0.3 is 5.97 Å². The molecule has 0 saturated heterocycles. The molecule has 0 amide bonds. The summed E-state index contributed by atoms with van der Waals surface area (Å²) in [7, 11) is 0. The molecule has 6 heteroatoms. The minimum atomic E-state index is -0.978. The van der Waals surface area contributed by atoms with Gasteiger partial charge in [-0.3, -0.25) is 4.79 Å². The summed E-state index contributed by atoms with van der Waals surface area (Å²) >= 11 is 0. The standard InChI is InChI=1S/C20H20F2O4/c21-17-11-14(12-18(22)20(17)25-9-3-8-19(23)24)13-4-1-7-16(10-13)26-15-5-2-6-15/h1,4,7,10-12,15H,2-3,5-6,8-9H2,(H,23,24). The van der Waals surface area contributed by atoms with Crippen LogP contribution in [0.1, 0.15) is 32.1 Å². The molecule has 1 aliphatic rings. The first-order chi connectivity index (χ1) is 12.5. The molecular formula is C20H20F2O4. The van der Waals surface area contributed by atoms with Crippen LogP contribution in [0.3, 0.4) is 0 Å². The van der Waals surface area contributed by atoms with E-state index in [1.165, 1.54) is 12.1 Å². The summed E-state index contributed by atoms with van der Waals surface area (Å²) in [6, 6.07) is 9.55. The van der Waals surface area contributed by atoms with Crippen molar-refractivity contribution in [2.24, 2.45) is 0 Å². The van der Waals surface area contributed by atoms with Crippen LogP contribution in [0.15, 0.2) is 36.4 Å². The molecule has 1 fully saturated rings. The number of carboxylic acids is 1. The van der Waals surface area contributed by atoms with E-state index in [1.54, 1.807) is 18.2 Å². The third-order valence-corrected chi connectivity index (χ3v) is 4.30. The molecule has 138 valence electrons. The van der Waals surface area contributed by atoms with E-state index in [0.717, 1.165) is 19.3 Å². The molecule has 0 bridgehead atoms. The van der Waals surface area contributed by atoms with Crippen LogP contribution < -0.4 is 9.47 Å². The Labute approximate surface area is 150 Å². The molecule has 0 atom stereocenters. The maximum Gasteiger partial charge on any atom is 0.303 e. The Morgan fingerprint density at radius 1 is 1.12 bits per heavy atom. The second kappa shape index (κ2) is 8.17. The Hall–Kier alpha value is -2.63. The number of hydrogen-bond donors (Lipinski definition) is 1. The van der Waals surface area contributed by atoms with Crippen LogP contribution in [-0.2, 0) is 4.79 Å². The summed E-state index contributed by atoms with van der Waals surface area (Å²) in [4.78, 5) is 10.4. The minimum Gasteiger partial charge on any atom is -0.490 e. The summed E-state index contributed by atoms with van der Waals surface area (Å²) in [5, 5.41) is 8.56. The van der Waals surface area contributed by atoms with Gasteiger partial charge in [-0.05, 0) is 61.1 Å². The summed E-state index contributed by atoms with van der Waals surface area (Å²) in [6.45, 7) is -0.0653. The summed E-state index contributed by atoms with van der Waals surface area (Å²) in [5.41, 5.74) is 1.04. The van der Waals surface area contributed by atoms with Gasteiger partial charge in [-0.15, -0.1) is 0 Å². The second-order valence-corrected chi connectivity index (χ2v) is 6.31. The number of benzene rings is 2. The van der Waals surface area contributed by atoms with E-state index in [-0.39, 0.29) is 25.6 Å². The first-order valence-corrected chi connectivity index (χ1v) is 8.63. The van der Waals surface area contributed by atoms with E-state index >= 15 is 0 Å². The van der Waals surface area contributed by atoms with E-state index in [9.17, 15) is 13.6 Å². The lowest BCUT2D eigenvalue weighted by Gasteiger charge is -2.26. The summed E-state index contributed by atoms with van der Waals surface area (Å²) < 4.78 is 39.4. The highest BCUT2D eigenvalue weighted by atomic mass is 19.1. The quantitative estimate of drug-likeness (QED) is 0.685. The zero-order valence-electron chi connectivity index (χ0n) is 14.2. The lowest BCUT2D eigenvalue weighted by molar-refractivity contribution is -0.137. The Balaban J connectivity index is 1.72. The number of carboxylic acid groups (broad SMARTS) is 1. The molecular weight excluding hydrogens is 342 g/mol. The molecule has 0 aliphatic heterocycles. The lowest BCUT2D eigenvalue weighted by atomic mass is 9.96. The topological polar surface area (TPSA) is 55.8 Å². The van der Waals surface area contributed by atoms with Crippen molar-refractivity contribution in [3.8, 4) is 22.6 Å². The molecule has 0 spiro atoms. The van der Waals surface area contributed by atoms with Crippen LogP contribution in [0, 0.1) is 11.6 Å². The van der Waals surface area contributed by atoms with Crippen LogP contribution in [0.5, 0.6) is 11.5 Å². The van der Waals surface area contributed by atoms with E-state index in [2.05, 4.69) is 0 Å². The Morgan fingerprint density at radius 2 is 1.85 bits per heavy atom. The van der Waals surface area contributed by atoms with Crippen molar-refractivity contribution in [1.82, 2.24) is 0 Å². The van der Waals surface area contributed by atoms with Crippen molar-refractivity contribution in [2.75, 3.05) is 6.61 Å². The van der Waals surface area contributed by atoms with Gasteiger partial charge in [-0.1, -0.05) is 12.1 Å². The van der Waals surface area contributed by atoms with Gasteiger partial charge in [0.05, 0.1) is 12.7 Å². The van der Waals surface area contributed by atoms with Gasteiger partial charge in [-0.2, -0.15) is 0 Å². The van der Waals surface area contributed by atoms with Gasteiger partial charge in [0.25, 0.3) is 0 Å². The van der Waals surface area contributed by atoms with Gasteiger partial charge in [-0.25, -0.2) is 8.78 Å². The summed E-state index contributed by atoms with van der Waals surface area (Å²) in [5.74, 6) is -2.42. The molecule has 1 aliphatic carbocycles. The number of ether oxygens (including phenoxy) is 2. The molecule has 0 aromatic heterocycles. The first-order valence-electron chi connectivity index (χ1n) is 8.63. The minimum absolute atomic E-state index is 0.0653. The number of halogens is 2. The van der Waals surface area contributed by atoms with Gasteiger partial charge in [0, 0.05) is 6.42 Å². The van der Waals surface area contributed by atoms with Gasteiger partial charge in [0.15, 0.2) is 17.4 Å². The lowest BCUT2D eigenvalue weighted by Crippen LogP contribution is -2.24. The normalized spacial score (nSPS) is 13.9. The first kappa shape index (κ1) is 18.2. The molecule has 0 heterocycles. The Bertz CT molecular complexity index is 764. The van der Waals surface area contributed by atoms with Crippen LogP contribution in [0.25, 0.3) is 11.1 Å². The number of aliphatic carboxylic acids is 1. The van der Waals surface area contributed by atoms with E-state index in [4.69, 9.17) is 14.6 Å². The van der Waals surface area contributed by atoms with Crippen LogP contribution >= 0.6 is 0 Å². The van der Waals surface area contributed by atoms with E-state index in [0.29, 0.717) is 16.9 Å². The highest BCUT2D eigenvalue weighted by Gasteiger charge is 2.19. The van der Waals surface area contributed by atoms with Gasteiger partial charge in [0.1, 0.15) is 5.75 Å². The third-order valence-electron chi connectivity index (χ3n) is 4.30. The largest absolute Gasteiger partial charge is 0.490 e. The second-order valence-electron chi connectivity index (χ2n) is 6.31. The average molecular weight is 362 g/mol. The third kappa shape index (κ3) is 4.50. The highest BCUT2D eigenvalue weighted by molar-refractivity contribution is 5.67. The summed E-state index contributed by atoms with van der Waals surface area (Å²) in [6.07, 6.45) is 3.50. The van der Waals surface area contributed by atoms with Crippen LogP contribution in [0.4, 0.5) is 8.78 Å². The smallest absolute Gasteiger partial charge is 0.303 e. The van der Waals surface area contributed by atoms with Crippen molar-refractivity contribution in [3.05, 3.63) is 48.0 Å². The molecule has 26 heavy (non-hydrogen) atoms. The Morgan fingerprint density at radius 3 is 2.46 bits per heavy atom. The molecule has 4 nitrogen and oxygen atoms in total. The van der Waals surface area contributed by atoms with Crippen molar-refractivity contribution in [2.45, 2.75) is 38.2 Å². The molecule has 1 saturated carbocycles. The Kier molecular flexibility index (Phi) is 5.71.